The molecule has 1 unspecified atom stereocenters. The highest BCUT2D eigenvalue weighted by Crippen LogP contribution is 2.17. The summed E-state index contributed by atoms with van der Waals surface area (Å²) in [6.45, 7) is 9.17. The van der Waals surface area contributed by atoms with Crippen LogP contribution < -0.4 is 5.32 Å². The smallest absolute Gasteiger partial charge is 0.337 e. The second kappa shape index (κ2) is 16.2. The van der Waals surface area contributed by atoms with Gasteiger partial charge in [0.05, 0.1) is 31.4 Å². The van der Waals surface area contributed by atoms with Crippen molar-refractivity contribution in [2.75, 3.05) is 39.4 Å². The first-order valence-electron chi connectivity index (χ1n) is 11.8. The summed E-state index contributed by atoms with van der Waals surface area (Å²) >= 11 is 4.64. The van der Waals surface area contributed by atoms with E-state index in [4.69, 9.17) is 14.6 Å². The van der Waals surface area contributed by atoms with Gasteiger partial charge in [-0.25, -0.2) is 14.2 Å². The number of rotatable bonds is 6. The number of aromatic nitrogens is 1. The summed E-state index contributed by atoms with van der Waals surface area (Å²) in [6, 6.07) is 6.26. The van der Waals surface area contributed by atoms with Crippen LogP contribution in [0, 0.1) is 5.82 Å². The van der Waals surface area contributed by atoms with Gasteiger partial charge in [-0.15, -0.1) is 11.3 Å². The molecule has 0 bridgehead atoms. The topological polar surface area (TPSA) is 113 Å². The molecule has 9 nitrogen and oxygen atoms in total. The van der Waals surface area contributed by atoms with E-state index in [9.17, 15) is 14.0 Å². The summed E-state index contributed by atoms with van der Waals surface area (Å²) < 4.78 is 23.7. The maximum absolute atomic E-state index is 12.3. The van der Waals surface area contributed by atoms with Crippen LogP contribution in [0.4, 0.5) is 4.39 Å². The molecule has 0 amide bonds. The van der Waals surface area contributed by atoms with Crippen LogP contribution >= 0.6 is 27.3 Å². The first-order valence-corrected chi connectivity index (χ1v) is 13.5. The van der Waals surface area contributed by atoms with E-state index in [1.807, 2.05) is 12.3 Å². The maximum atomic E-state index is 12.3. The van der Waals surface area contributed by atoms with Crippen LogP contribution in [0.25, 0.3) is 0 Å². The first kappa shape index (κ1) is 30.6. The minimum atomic E-state index is -0.745. The standard InChI is InChI=1S/C16H22N4O3S.C6H4BrF.C3H6O2/c1-3-22-16(21)12-8-18-14(15-17-4-7-24-15)19-13(12)10-20-5-6-23-11(2)9-20;7-5-2-1-3-6(8)4-5;1-2-3(4)5/h4,7,11H,3,5-6,8-10H2,1-2H3,(H,18,19);1-4H;2H2,1H3,(H,4,5). The normalized spacial score (nSPS) is 17.3. The van der Waals surface area contributed by atoms with Crippen molar-refractivity contribution in [2.24, 2.45) is 4.99 Å². The molecule has 2 aliphatic heterocycles. The minimum absolute atomic E-state index is 0.195. The number of nitrogens with zero attached hydrogens (tertiary/aromatic N) is 3. The molecule has 2 aliphatic rings. The van der Waals surface area contributed by atoms with E-state index < -0.39 is 5.97 Å². The highest BCUT2D eigenvalue weighted by Gasteiger charge is 2.26. The number of nitrogens with one attached hydrogen (secondary N) is 1. The average molecular weight is 600 g/mol. The zero-order chi connectivity index (χ0) is 27.2. The quantitative estimate of drug-likeness (QED) is 0.478. The predicted octanol–water partition coefficient (Wildman–Crippen LogP) is 4.10. The van der Waals surface area contributed by atoms with Crippen molar-refractivity contribution in [3.8, 4) is 0 Å². The first-order chi connectivity index (χ1) is 17.7. The van der Waals surface area contributed by atoms with Crippen molar-refractivity contribution >= 4 is 45.0 Å². The lowest BCUT2D eigenvalue weighted by Crippen LogP contribution is -2.45. The molecule has 1 fully saturated rings. The Morgan fingerprint density at radius 2 is 2.14 bits per heavy atom. The Hall–Kier alpha value is -2.67. The lowest BCUT2D eigenvalue weighted by molar-refractivity contribution is -0.139. The van der Waals surface area contributed by atoms with Gasteiger partial charge in [0.25, 0.3) is 0 Å². The number of amidine groups is 1. The molecule has 1 atom stereocenters. The summed E-state index contributed by atoms with van der Waals surface area (Å²) in [6.07, 6.45) is 2.17. The van der Waals surface area contributed by atoms with Crippen molar-refractivity contribution in [3.63, 3.8) is 0 Å². The molecule has 1 aromatic carbocycles. The van der Waals surface area contributed by atoms with Gasteiger partial charge in [-0.1, -0.05) is 28.9 Å². The Balaban J connectivity index is 0.000000304. The van der Waals surface area contributed by atoms with Crippen molar-refractivity contribution < 1.29 is 28.6 Å². The molecule has 37 heavy (non-hydrogen) atoms. The predicted molar refractivity (Wildman–Crippen MR) is 144 cm³/mol. The molecule has 0 saturated carbocycles. The number of ether oxygens (including phenoxy) is 2. The fraction of sp³-hybridized carbons (Fsp3) is 0.440. The van der Waals surface area contributed by atoms with Gasteiger partial charge < -0.3 is 19.9 Å². The molecular formula is C25H32BrFN4O5S. The zero-order valence-electron chi connectivity index (χ0n) is 21.1. The van der Waals surface area contributed by atoms with Gasteiger partial charge in [0, 0.05) is 47.8 Å². The van der Waals surface area contributed by atoms with Crippen molar-refractivity contribution in [3.05, 3.63) is 62.4 Å². The van der Waals surface area contributed by atoms with E-state index in [2.05, 4.69) is 43.0 Å². The molecular weight excluding hydrogens is 567 g/mol. The van der Waals surface area contributed by atoms with Crippen LogP contribution in [0.2, 0.25) is 0 Å². The van der Waals surface area contributed by atoms with Crippen LogP contribution in [-0.4, -0.2) is 78.3 Å². The Kier molecular flexibility index (Phi) is 13.4. The Labute approximate surface area is 228 Å². The number of hydrogen-bond acceptors (Lipinski definition) is 9. The van der Waals surface area contributed by atoms with E-state index in [-0.39, 0.29) is 24.3 Å². The number of carbonyl (C=O) groups is 2. The Morgan fingerprint density at radius 1 is 1.38 bits per heavy atom. The van der Waals surface area contributed by atoms with E-state index in [0.717, 1.165) is 28.3 Å². The van der Waals surface area contributed by atoms with Crippen LogP contribution in [0.15, 0.2) is 56.6 Å². The molecule has 0 spiro atoms. The lowest BCUT2D eigenvalue weighted by atomic mass is 10.1. The van der Waals surface area contributed by atoms with Gasteiger partial charge in [-0.2, -0.15) is 0 Å². The molecule has 202 valence electrons. The number of carbonyl (C=O) groups excluding carboxylic acids is 1. The molecule has 1 saturated heterocycles. The molecule has 2 N–H and O–H groups in total. The van der Waals surface area contributed by atoms with E-state index in [1.165, 1.54) is 23.5 Å². The number of thiazole rings is 1. The number of carboxylic acid groups (broad SMARTS) is 1. The molecule has 4 rings (SSSR count). The zero-order valence-corrected chi connectivity index (χ0v) is 23.5. The third kappa shape index (κ3) is 11.1. The maximum Gasteiger partial charge on any atom is 0.337 e. The summed E-state index contributed by atoms with van der Waals surface area (Å²) in [5.74, 6) is -0.540. The second-order valence-electron chi connectivity index (χ2n) is 7.91. The van der Waals surface area contributed by atoms with Crippen LogP contribution in [0.3, 0.4) is 0 Å². The summed E-state index contributed by atoms with van der Waals surface area (Å²) in [5, 5.41) is 13.8. The lowest BCUT2D eigenvalue weighted by Gasteiger charge is -2.33. The Bertz CT molecular complexity index is 1060. The third-order valence-electron chi connectivity index (χ3n) is 4.98. The number of hydrogen-bond donors (Lipinski definition) is 2. The largest absolute Gasteiger partial charge is 0.481 e. The van der Waals surface area contributed by atoms with Crippen molar-refractivity contribution in [2.45, 2.75) is 33.3 Å². The van der Waals surface area contributed by atoms with Gasteiger partial charge in [-0.05, 0) is 32.0 Å². The average Bonchev–Trinajstić information content (AvgIpc) is 3.40. The third-order valence-corrected chi connectivity index (χ3v) is 6.25. The number of aliphatic imine (C=N–C) groups is 1. The Morgan fingerprint density at radius 3 is 2.68 bits per heavy atom. The number of morpholine rings is 1. The van der Waals surface area contributed by atoms with Crippen molar-refractivity contribution in [1.29, 1.82) is 0 Å². The molecule has 2 aromatic rings. The van der Waals surface area contributed by atoms with Crippen LogP contribution in [-0.2, 0) is 19.1 Å². The molecule has 1 aromatic heterocycles. The van der Waals surface area contributed by atoms with Gasteiger partial charge >= 0.3 is 11.9 Å². The number of esters is 1. The van der Waals surface area contributed by atoms with Gasteiger partial charge in [0.1, 0.15) is 5.82 Å². The molecule has 12 heteroatoms. The summed E-state index contributed by atoms with van der Waals surface area (Å²) in [4.78, 5) is 32.7. The van der Waals surface area contributed by atoms with E-state index in [1.54, 1.807) is 25.3 Å². The summed E-state index contributed by atoms with van der Waals surface area (Å²) in [7, 11) is 0. The van der Waals surface area contributed by atoms with E-state index in [0.29, 0.717) is 37.7 Å². The van der Waals surface area contributed by atoms with Crippen LogP contribution in [0.1, 0.15) is 32.2 Å². The SMILES string of the molecule is CCC(=O)O.CCOC(=O)C1=C(CN2CCOC(C)C2)NC(c2nccs2)=NC1.Fc1cccc(Br)c1. The fourth-order valence-corrected chi connectivity index (χ4v) is 4.20. The second-order valence-corrected chi connectivity index (χ2v) is 9.72. The highest BCUT2D eigenvalue weighted by atomic mass is 79.9. The van der Waals surface area contributed by atoms with E-state index >= 15 is 0 Å². The van der Waals surface area contributed by atoms with Crippen LogP contribution in [0.5, 0.6) is 0 Å². The number of aliphatic carboxylic acids is 1. The molecule has 0 radical (unpaired) electrons. The van der Waals surface area contributed by atoms with Gasteiger partial charge in [0.2, 0.25) is 0 Å². The fourth-order valence-electron chi connectivity index (χ4n) is 3.23. The monoisotopic (exact) mass is 598 g/mol. The molecule has 3 heterocycles. The number of benzene rings is 1. The highest BCUT2D eigenvalue weighted by molar-refractivity contribution is 9.10. The molecule has 0 aliphatic carbocycles. The summed E-state index contributed by atoms with van der Waals surface area (Å²) in [5.41, 5.74) is 1.44. The minimum Gasteiger partial charge on any atom is -0.481 e. The van der Waals surface area contributed by atoms with Crippen molar-refractivity contribution in [1.82, 2.24) is 15.2 Å². The van der Waals surface area contributed by atoms with Gasteiger partial charge in [0.15, 0.2) is 10.8 Å². The number of halogens is 2. The number of carboxylic acids is 1. The van der Waals surface area contributed by atoms with Gasteiger partial charge in [-0.3, -0.25) is 14.7 Å².